The Morgan fingerprint density at radius 3 is 0.868 bits per heavy atom. The molecule has 4 amide bonds. The van der Waals surface area contributed by atoms with Gasteiger partial charge in [-0.3, -0.25) is 62.3 Å². The zero-order valence-electron chi connectivity index (χ0n) is 69.5. The van der Waals surface area contributed by atoms with Gasteiger partial charge in [-0.2, -0.15) is 0 Å². The fourth-order valence-corrected chi connectivity index (χ4v) is 13.9. The molecule has 0 aromatic rings. The minimum absolute atomic E-state index is 0.0110. The molecule has 1 aliphatic carbocycles. The van der Waals surface area contributed by atoms with Crippen molar-refractivity contribution in [3.05, 3.63) is 0 Å². The Hall–Kier alpha value is -7.81. The van der Waals surface area contributed by atoms with Crippen LogP contribution in [0.2, 0.25) is 0 Å². The summed E-state index contributed by atoms with van der Waals surface area (Å²) in [6, 6.07) is -4.24. The monoisotopic (exact) mass is 1620 g/mol. The Morgan fingerprint density at radius 2 is 0.561 bits per heavy atom. The molecule has 114 heavy (non-hydrogen) atoms. The van der Waals surface area contributed by atoms with E-state index in [4.69, 9.17) is 5.11 Å². The quantitative estimate of drug-likeness (QED) is 0.0252. The van der Waals surface area contributed by atoms with Gasteiger partial charge in [0.1, 0.15) is 52.8 Å². The van der Waals surface area contributed by atoms with Gasteiger partial charge in [0.2, 0.25) is 23.6 Å². The predicted molar refractivity (Wildman–Crippen MR) is 430 cm³/mol. The third-order valence-corrected chi connectivity index (χ3v) is 21.5. The molecule has 0 radical (unpaired) electrons. The van der Waals surface area contributed by atoms with Gasteiger partial charge in [-0.05, 0) is 103 Å². The molecule has 6 atom stereocenters. The Balaban J connectivity index is 0.00000229. The number of rotatable bonds is 74. The van der Waals surface area contributed by atoms with Crippen molar-refractivity contribution in [1.82, 2.24) is 21.3 Å². The van der Waals surface area contributed by atoms with Gasteiger partial charge < -0.3 is 61.8 Å². The molecule has 0 saturated heterocycles. The number of unbranched alkanes of at least 4 members (excludes halogenated alkanes) is 28. The highest BCUT2D eigenvalue weighted by atomic mass is 16.4. The molecule has 0 bridgehead atoms. The van der Waals surface area contributed by atoms with E-state index in [1.165, 1.54) is 103 Å². The van der Waals surface area contributed by atoms with Crippen molar-refractivity contribution in [2.24, 2.45) is 41.4 Å². The minimum atomic E-state index is -1.45. The SMILES string of the molecule is CC(=O)CCCCCCCCCCCCCCCCCCC(=O)NCC1CCC(C(=O)C[C@@H](CCC(=O)N[C@@H](CCC(=O)C[C@@H](CCC(=O)C(C)C)C(=O)O)C(=O)O)C(=O)O)CC1.CC(C)C(=O)CC[C@H](CC(=O)CC[C@H](NC(=O)CC[C@H](NC(=O)CCCCCCCCCCCCCCCCC(=O)O)C(=O)O)C(=O)O)C(=O)O. The molecular weight excluding hydrogens is 1470 g/mol. The Kier molecular flexibility index (Phi) is 61.8. The van der Waals surface area contributed by atoms with Gasteiger partial charge >= 0.3 is 41.8 Å². The number of carboxylic acids is 7. The second-order valence-corrected chi connectivity index (χ2v) is 32.3. The van der Waals surface area contributed by atoms with Gasteiger partial charge in [-0.1, -0.05) is 195 Å². The lowest BCUT2D eigenvalue weighted by atomic mass is 9.78. The van der Waals surface area contributed by atoms with Gasteiger partial charge in [0.25, 0.3) is 0 Å². The number of hydrogen-bond donors (Lipinski definition) is 11. The second-order valence-electron chi connectivity index (χ2n) is 32.3. The van der Waals surface area contributed by atoms with Gasteiger partial charge in [0, 0.05) is 108 Å². The average molecular weight is 1620 g/mol. The first-order chi connectivity index (χ1) is 54.1. The number of carbonyl (C=O) groups is 17. The molecule has 1 aliphatic rings. The molecule has 0 aromatic carbocycles. The first kappa shape index (κ1) is 106. The maximum atomic E-state index is 13.1. The molecular formula is C86H144N4O24. The Morgan fingerprint density at radius 1 is 0.289 bits per heavy atom. The zero-order chi connectivity index (χ0) is 85.6. The molecule has 28 heteroatoms. The number of amides is 4. The minimum Gasteiger partial charge on any atom is -0.481 e. The number of carbonyl (C=O) groups excluding carboxylic acids is 10. The van der Waals surface area contributed by atoms with Crippen molar-refractivity contribution >= 4 is 100 Å². The largest absolute Gasteiger partial charge is 0.481 e. The first-order valence-electron chi connectivity index (χ1n) is 43.0. The summed E-state index contributed by atoms with van der Waals surface area (Å²) in [5, 5.41) is 76.0. The highest BCUT2D eigenvalue weighted by Crippen LogP contribution is 2.32. The van der Waals surface area contributed by atoms with Crippen LogP contribution in [-0.2, 0) is 81.5 Å². The summed E-state index contributed by atoms with van der Waals surface area (Å²) in [5.41, 5.74) is 0. The Labute approximate surface area is 676 Å². The van der Waals surface area contributed by atoms with Crippen molar-refractivity contribution in [3.8, 4) is 0 Å². The number of hydrogen-bond acceptors (Lipinski definition) is 17. The number of nitrogens with one attached hydrogen (secondary N) is 4. The smallest absolute Gasteiger partial charge is 0.326 e. The standard InChI is InChI=1S/C49H82N2O12.C37H62N2O12/c1-35(2)43(54)30-26-39(47(58)59)32-41(53)28-29-42(49(62)63)51-46(57)31-27-40(48(60)61)33-44(55)38-24-22-37(23-25-38)34-50-45(56)21-19-17-15-13-11-9-7-5-4-6-8-10-12-14-16-18-20-36(3)52;1-26(2)31(41)23-19-27(35(46)47)25-28(40)20-21-29(36(48)49)39-33(43)24-22-30(37(50)51)38-32(42)17-15-13-11-9-7-5-3-4-6-8-10-12-14-16-18-34(44)45/h35,37-40,42H,4-34H2,1-3H3,(H,50,56)(H,51,57)(H,58,59)(H,60,61)(H,62,63);26-27,29-30H,3-25H2,1-2H3,(H,38,42)(H,39,43)(H,44,45)(H,46,47)(H,48,49)(H,50,51)/t37?,38?,39-,40-,42+;27-,29+,30+/m11/s1. The van der Waals surface area contributed by atoms with Crippen LogP contribution >= 0.6 is 0 Å². The zero-order valence-corrected chi connectivity index (χ0v) is 69.5. The van der Waals surface area contributed by atoms with Crippen LogP contribution in [0, 0.1) is 41.4 Å². The number of aliphatic carboxylic acids is 7. The fraction of sp³-hybridized carbons (Fsp3) is 0.802. The van der Waals surface area contributed by atoms with E-state index in [0.717, 1.165) is 103 Å². The number of carboxylic acid groups (broad SMARTS) is 7. The molecule has 0 spiro atoms. The van der Waals surface area contributed by atoms with Crippen molar-refractivity contribution < 1.29 is 117 Å². The maximum Gasteiger partial charge on any atom is 0.326 e. The van der Waals surface area contributed by atoms with Crippen LogP contribution in [0.5, 0.6) is 0 Å². The topological polar surface area (TPSA) is 480 Å². The molecule has 28 nitrogen and oxygen atoms in total. The third-order valence-electron chi connectivity index (χ3n) is 21.5. The highest BCUT2D eigenvalue weighted by Gasteiger charge is 2.33. The molecule has 0 unspecified atom stereocenters. The molecule has 11 N–H and O–H groups in total. The van der Waals surface area contributed by atoms with Crippen LogP contribution in [-0.4, -0.2) is 161 Å². The summed E-state index contributed by atoms with van der Waals surface area (Å²) >= 11 is 0. The lowest BCUT2D eigenvalue weighted by Crippen LogP contribution is -2.44. The average Bonchev–Trinajstić information content (AvgIpc) is 0.871. The summed E-state index contributed by atoms with van der Waals surface area (Å²) in [7, 11) is 0. The summed E-state index contributed by atoms with van der Waals surface area (Å²) in [6.07, 6.45) is 34.9. The summed E-state index contributed by atoms with van der Waals surface area (Å²) < 4.78 is 0. The van der Waals surface area contributed by atoms with Gasteiger partial charge in [-0.15, -0.1) is 0 Å². The lowest BCUT2D eigenvalue weighted by Gasteiger charge is -2.28. The molecule has 1 rings (SSSR count). The van der Waals surface area contributed by atoms with Crippen molar-refractivity contribution in [2.75, 3.05) is 6.54 Å². The maximum absolute atomic E-state index is 13.1. The van der Waals surface area contributed by atoms with Crippen LogP contribution in [0.1, 0.15) is 375 Å². The van der Waals surface area contributed by atoms with E-state index in [0.29, 0.717) is 38.0 Å². The fourth-order valence-electron chi connectivity index (χ4n) is 13.9. The van der Waals surface area contributed by atoms with E-state index in [2.05, 4.69) is 21.3 Å². The highest BCUT2D eigenvalue weighted by molar-refractivity contribution is 5.90. The van der Waals surface area contributed by atoms with E-state index < -0.39 is 107 Å². The van der Waals surface area contributed by atoms with Crippen molar-refractivity contribution in [1.29, 1.82) is 0 Å². The van der Waals surface area contributed by atoms with Crippen LogP contribution < -0.4 is 21.3 Å². The number of Topliss-reactive ketones (excluding diaryl/α,β-unsaturated/α-hetero) is 6. The van der Waals surface area contributed by atoms with Crippen LogP contribution in [0.25, 0.3) is 0 Å². The molecule has 1 fully saturated rings. The summed E-state index contributed by atoms with van der Waals surface area (Å²) in [6.45, 7) is 9.00. The van der Waals surface area contributed by atoms with E-state index in [1.54, 1.807) is 34.6 Å². The van der Waals surface area contributed by atoms with E-state index in [-0.39, 0.29) is 156 Å². The number of ketones is 6. The van der Waals surface area contributed by atoms with Crippen LogP contribution in [0.15, 0.2) is 0 Å². The molecule has 1 saturated carbocycles. The van der Waals surface area contributed by atoms with E-state index in [9.17, 15) is 112 Å². The van der Waals surface area contributed by atoms with Gasteiger partial charge in [0.05, 0.1) is 17.8 Å². The first-order valence-corrected chi connectivity index (χ1v) is 43.0. The molecule has 0 heterocycles. The van der Waals surface area contributed by atoms with Gasteiger partial charge in [0.15, 0.2) is 0 Å². The van der Waals surface area contributed by atoms with Crippen molar-refractivity contribution in [2.45, 2.75) is 393 Å². The molecule has 0 aliphatic heterocycles. The summed E-state index contributed by atoms with van der Waals surface area (Å²) in [5.74, 6) is -15.5. The summed E-state index contributed by atoms with van der Waals surface area (Å²) in [4.78, 5) is 203. The second kappa shape index (κ2) is 66.3. The Bertz CT molecular complexity index is 2900. The lowest BCUT2D eigenvalue weighted by molar-refractivity contribution is -0.145. The molecule has 0 aromatic heterocycles. The molecule has 652 valence electrons. The van der Waals surface area contributed by atoms with Crippen LogP contribution in [0.4, 0.5) is 0 Å². The predicted octanol–water partition coefficient (Wildman–Crippen LogP) is 14.7. The van der Waals surface area contributed by atoms with Crippen LogP contribution in [0.3, 0.4) is 0 Å². The van der Waals surface area contributed by atoms with Gasteiger partial charge in [-0.25, -0.2) is 14.4 Å². The normalized spacial score (nSPS) is 14.8. The van der Waals surface area contributed by atoms with Crippen molar-refractivity contribution in [3.63, 3.8) is 0 Å². The van der Waals surface area contributed by atoms with E-state index in [1.807, 2.05) is 0 Å². The van der Waals surface area contributed by atoms with E-state index >= 15 is 0 Å². The third kappa shape index (κ3) is 58.9.